The minimum atomic E-state index is -0.352. The summed E-state index contributed by atoms with van der Waals surface area (Å²) in [5, 5.41) is 16.5. The van der Waals surface area contributed by atoms with Crippen molar-refractivity contribution in [1.29, 1.82) is 0 Å². The molecule has 5 heteroatoms. The Labute approximate surface area is 82.7 Å². The zero-order valence-corrected chi connectivity index (χ0v) is 8.18. The quantitative estimate of drug-likeness (QED) is 0.700. The molecule has 0 bridgehead atoms. The number of anilines is 1. The summed E-state index contributed by atoms with van der Waals surface area (Å²) in [6, 6.07) is 1.92. The van der Waals surface area contributed by atoms with Crippen LogP contribution in [0.3, 0.4) is 0 Å². The monoisotopic (exact) mass is 197 g/mol. The molecule has 2 rings (SSSR count). The fraction of sp³-hybridized carbons (Fsp3) is 0.667. The van der Waals surface area contributed by atoms with Gasteiger partial charge >= 0.3 is 0 Å². The maximum absolute atomic E-state index is 9.60. The van der Waals surface area contributed by atoms with Gasteiger partial charge in [0.2, 0.25) is 0 Å². The number of hydrogen-bond acceptors (Lipinski definition) is 4. The van der Waals surface area contributed by atoms with E-state index in [-0.39, 0.29) is 12.2 Å². The van der Waals surface area contributed by atoms with Crippen LogP contribution in [0.1, 0.15) is 6.42 Å². The van der Waals surface area contributed by atoms with Crippen molar-refractivity contribution >= 4 is 5.82 Å². The topological polar surface area (TPSA) is 61.4 Å². The van der Waals surface area contributed by atoms with Gasteiger partial charge in [-0.15, -0.1) is 0 Å². The van der Waals surface area contributed by atoms with E-state index in [0.717, 1.165) is 18.8 Å². The standard InChI is InChI=1S/C9H15N3O2/c1-14-8-6-12(5-3-7(8)13)9-2-4-10-11-9/h2,4,7-8,13H,3,5-6H2,1H3,(H,10,11)/t7-,8-/m1/s1. The third kappa shape index (κ3) is 1.73. The van der Waals surface area contributed by atoms with Gasteiger partial charge in [0.05, 0.1) is 6.10 Å². The predicted molar refractivity (Wildman–Crippen MR) is 52.2 cm³/mol. The second kappa shape index (κ2) is 3.98. The normalized spacial score (nSPS) is 28.0. The van der Waals surface area contributed by atoms with E-state index in [4.69, 9.17) is 4.74 Å². The molecule has 78 valence electrons. The summed E-state index contributed by atoms with van der Waals surface area (Å²) in [4.78, 5) is 2.11. The molecule has 1 aromatic heterocycles. The molecule has 1 aromatic rings. The number of aliphatic hydroxyl groups is 1. The summed E-state index contributed by atoms with van der Waals surface area (Å²) in [6.07, 6.45) is 2.06. The number of H-pyrrole nitrogens is 1. The lowest BCUT2D eigenvalue weighted by Crippen LogP contribution is -2.47. The molecular weight excluding hydrogens is 182 g/mol. The summed E-state index contributed by atoms with van der Waals surface area (Å²) in [7, 11) is 1.63. The first-order valence-electron chi connectivity index (χ1n) is 4.77. The zero-order chi connectivity index (χ0) is 9.97. The van der Waals surface area contributed by atoms with Crippen molar-refractivity contribution in [3.63, 3.8) is 0 Å². The highest BCUT2D eigenvalue weighted by Gasteiger charge is 2.28. The van der Waals surface area contributed by atoms with Crippen LogP contribution in [0.15, 0.2) is 12.3 Å². The van der Waals surface area contributed by atoms with E-state index in [2.05, 4.69) is 15.1 Å². The number of rotatable bonds is 2. The molecule has 0 aromatic carbocycles. The molecular formula is C9H15N3O2. The van der Waals surface area contributed by atoms with E-state index in [1.165, 1.54) is 0 Å². The molecule has 0 saturated carbocycles. The molecule has 2 atom stereocenters. The fourth-order valence-corrected chi connectivity index (χ4v) is 1.77. The van der Waals surface area contributed by atoms with Crippen LogP contribution in [0.5, 0.6) is 0 Å². The van der Waals surface area contributed by atoms with Gasteiger partial charge in [0.25, 0.3) is 0 Å². The molecule has 2 heterocycles. The third-order valence-electron chi connectivity index (χ3n) is 2.64. The van der Waals surface area contributed by atoms with Crippen molar-refractivity contribution in [3.8, 4) is 0 Å². The van der Waals surface area contributed by atoms with Crippen molar-refractivity contribution in [2.24, 2.45) is 0 Å². The molecule has 0 aliphatic carbocycles. The van der Waals surface area contributed by atoms with Gasteiger partial charge in [-0.05, 0) is 6.42 Å². The van der Waals surface area contributed by atoms with Gasteiger partial charge in [0.1, 0.15) is 11.9 Å². The lowest BCUT2D eigenvalue weighted by Gasteiger charge is -2.35. The Balaban J connectivity index is 2.03. The number of aromatic nitrogens is 2. The predicted octanol–water partition coefficient (Wildman–Crippen LogP) is -0.00430. The lowest BCUT2D eigenvalue weighted by molar-refractivity contribution is -0.0207. The molecule has 2 N–H and O–H groups in total. The zero-order valence-electron chi connectivity index (χ0n) is 8.18. The highest BCUT2D eigenvalue weighted by molar-refractivity contribution is 5.37. The molecule has 1 aliphatic rings. The number of aromatic amines is 1. The minimum absolute atomic E-state index is 0.111. The Morgan fingerprint density at radius 1 is 1.71 bits per heavy atom. The molecule has 0 spiro atoms. The molecule has 1 fully saturated rings. The van der Waals surface area contributed by atoms with Crippen LogP contribution in [0.2, 0.25) is 0 Å². The first-order chi connectivity index (χ1) is 6.81. The second-order valence-electron chi connectivity index (χ2n) is 3.51. The number of methoxy groups -OCH3 is 1. The molecule has 5 nitrogen and oxygen atoms in total. The van der Waals surface area contributed by atoms with Crippen molar-refractivity contribution in [1.82, 2.24) is 10.2 Å². The molecule has 1 aliphatic heterocycles. The Kier molecular flexibility index (Phi) is 2.69. The summed E-state index contributed by atoms with van der Waals surface area (Å²) < 4.78 is 5.20. The van der Waals surface area contributed by atoms with Gasteiger partial charge in [-0.1, -0.05) is 0 Å². The summed E-state index contributed by atoms with van der Waals surface area (Å²) in [5.41, 5.74) is 0. The van der Waals surface area contributed by atoms with Crippen LogP contribution < -0.4 is 4.90 Å². The third-order valence-corrected chi connectivity index (χ3v) is 2.64. The summed E-state index contributed by atoms with van der Waals surface area (Å²) >= 11 is 0. The number of nitrogens with one attached hydrogen (secondary N) is 1. The molecule has 14 heavy (non-hydrogen) atoms. The van der Waals surface area contributed by atoms with Gasteiger partial charge in [0.15, 0.2) is 0 Å². The van der Waals surface area contributed by atoms with E-state index < -0.39 is 0 Å². The Morgan fingerprint density at radius 3 is 3.21 bits per heavy atom. The van der Waals surface area contributed by atoms with Gasteiger partial charge in [-0.25, -0.2) is 0 Å². The fourth-order valence-electron chi connectivity index (χ4n) is 1.77. The maximum atomic E-state index is 9.60. The molecule has 0 amide bonds. The van der Waals surface area contributed by atoms with Crippen molar-refractivity contribution < 1.29 is 9.84 Å². The number of piperidine rings is 1. The van der Waals surface area contributed by atoms with E-state index >= 15 is 0 Å². The van der Waals surface area contributed by atoms with E-state index in [9.17, 15) is 5.11 Å². The summed E-state index contributed by atoms with van der Waals surface area (Å²) in [5.74, 6) is 0.916. The van der Waals surface area contributed by atoms with E-state index in [1.54, 1.807) is 13.3 Å². The van der Waals surface area contributed by atoms with Gasteiger partial charge in [0, 0.05) is 32.5 Å². The summed E-state index contributed by atoms with van der Waals surface area (Å²) in [6.45, 7) is 1.52. The first kappa shape index (κ1) is 9.48. The number of aliphatic hydroxyl groups excluding tert-OH is 1. The van der Waals surface area contributed by atoms with Crippen LogP contribution in [0, 0.1) is 0 Å². The minimum Gasteiger partial charge on any atom is -0.390 e. The number of ether oxygens (including phenoxy) is 1. The van der Waals surface area contributed by atoms with Crippen molar-refractivity contribution in [3.05, 3.63) is 12.3 Å². The molecule has 0 radical (unpaired) electrons. The number of hydrogen-bond donors (Lipinski definition) is 2. The Bertz CT molecular complexity index is 276. The van der Waals surface area contributed by atoms with E-state index in [1.807, 2.05) is 6.07 Å². The molecule has 0 unspecified atom stereocenters. The van der Waals surface area contributed by atoms with Gasteiger partial charge in [-0.3, -0.25) is 5.10 Å². The maximum Gasteiger partial charge on any atom is 0.150 e. The van der Waals surface area contributed by atoms with Crippen molar-refractivity contribution in [2.45, 2.75) is 18.6 Å². The van der Waals surface area contributed by atoms with Crippen LogP contribution in [0.25, 0.3) is 0 Å². The van der Waals surface area contributed by atoms with Crippen LogP contribution in [-0.4, -0.2) is 47.7 Å². The number of nitrogens with zero attached hydrogens (tertiary/aromatic N) is 2. The average molecular weight is 197 g/mol. The van der Waals surface area contributed by atoms with Gasteiger partial charge < -0.3 is 14.7 Å². The highest BCUT2D eigenvalue weighted by Crippen LogP contribution is 2.18. The Morgan fingerprint density at radius 2 is 2.57 bits per heavy atom. The lowest BCUT2D eigenvalue weighted by atomic mass is 10.1. The van der Waals surface area contributed by atoms with Crippen LogP contribution in [-0.2, 0) is 4.74 Å². The Hall–Kier alpha value is -1.07. The average Bonchev–Trinajstić information content (AvgIpc) is 2.71. The first-order valence-corrected chi connectivity index (χ1v) is 4.77. The largest absolute Gasteiger partial charge is 0.390 e. The van der Waals surface area contributed by atoms with Gasteiger partial charge in [-0.2, -0.15) is 5.10 Å². The second-order valence-corrected chi connectivity index (χ2v) is 3.51. The highest BCUT2D eigenvalue weighted by atomic mass is 16.5. The van der Waals surface area contributed by atoms with Crippen LogP contribution in [0.4, 0.5) is 5.82 Å². The van der Waals surface area contributed by atoms with Crippen LogP contribution >= 0.6 is 0 Å². The van der Waals surface area contributed by atoms with Crippen molar-refractivity contribution in [2.75, 3.05) is 25.1 Å². The molecule has 1 saturated heterocycles. The SMILES string of the molecule is CO[C@@H]1CN(c2cc[nH]n2)CC[C@H]1O. The van der Waals surface area contributed by atoms with E-state index in [0.29, 0.717) is 6.54 Å². The smallest absolute Gasteiger partial charge is 0.150 e.